The molecular weight excluding hydrogens is 219 g/mol. The van der Waals surface area contributed by atoms with Crippen LogP contribution in [0.5, 0.6) is 0 Å². The Hall–Kier alpha value is -0.650. The van der Waals surface area contributed by atoms with Gasteiger partial charge in [0.2, 0.25) is 11.8 Å². The van der Waals surface area contributed by atoms with Gasteiger partial charge < -0.3 is 0 Å². The Balaban J connectivity index is 0.00000225. The summed E-state index contributed by atoms with van der Waals surface area (Å²) in [5, 5.41) is 2.16. The molecule has 5 nitrogen and oxygen atoms in total. The molecular formula is C10H14N2NaO3+. The topological polar surface area (TPSA) is 66.5 Å². The number of carbonyl (C=O) groups is 3. The molecule has 1 fully saturated rings. The first-order chi connectivity index (χ1) is 7.02. The van der Waals surface area contributed by atoms with Crippen LogP contribution in [0.4, 0.5) is 4.79 Å². The van der Waals surface area contributed by atoms with E-state index in [1.165, 1.54) is 0 Å². The Morgan fingerprint density at radius 2 is 2.00 bits per heavy atom. The van der Waals surface area contributed by atoms with Crippen LogP contribution in [0.25, 0.3) is 0 Å². The number of nitrogens with one attached hydrogen (secondary N) is 1. The van der Waals surface area contributed by atoms with Gasteiger partial charge in [-0.15, -0.1) is 0 Å². The Morgan fingerprint density at radius 3 is 2.44 bits per heavy atom. The third kappa shape index (κ3) is 2.72. The van der Waals surface area contributed by atoms with E-state index in [1.54, 1.807) is 26.8 Å². The molecule has 1 N–H and O–H groups in total. The SMILES string of the molecule is C/C=C(/C)C1C(=O)NC(=O)N(CC)C1=O.[Na+]. The molecule has 82 valence electrons. The summed E-state index contributed by atoms with van der Waals surface area (Å²) in [4.78, 5) is 35.5. The van der Waals surface area contributed by atoms with Gasteiger partial charge in [-0.05, 0) is 20.8 Å². The molecule has 1 atom stereocenters. The molecule has 1 unspecified atom stereocenters. The number of barbiturate groups is 1. The zero-order valence-electron chi connectivity index (χ0n) is 10.0. The number of hydrogen-bond acceptors (Lipinski definition) is 3. The van der Waals surface area contributed by atoms with Crippen LogP contribution in [-0.4, -0.2) is 29.3 Å². The number of imide groups is 2. The average Bonchev–Trinajstić information content (AvgIpc) is 2.17. The molecule has 0 bridgehead atoms. The van der Waals surface area contributed by atoms with Crippen molar-refractivity contribution >= 4 is 17.8 Å². The molecule has 1 aliphatic rings. The molecule has 0 aliphatic carbocycles. The van der Waals surface area contributed by atoms with Gasteiger partial charge in [0.05, 0.1) is 0 Å². The molecule has 0 spiro atoms. The molecule has 1 heterocycles. The van der Waals surface area contributed by atoms with E-state index < -0.39 is 23.8 Å². The Kier molecular flexibility index (Phi) is 5.92. The number of hydrogen-bond donors (Lipinski definition) is 1. The monoisotopic (exact) mass is 233 g/mol. The number of nitrogens with zero attached hydrogens (tertiary/aromatic N) is 1. The molecule has 16 heavy (non-hydrogen) atoms. The normalized spacial score (nSPS) is 21.7. The van der Waals surface area contributed by atoms with Crippen LogP contribution in [0.3, 0.4) is 0 Å². The van der Waals surface area contributed by atoms with Crippen LogP contribution < -0.4 is 34.9 Å². The zero-order chi connectivity index (χ0) is 11.6. The minimum absolute atomic E-state index is 0. The summed E-state index contributed by atoms with van der Waals surface area (Å²) < 4.78 is 0. The van der Waals surface area contributed by atoms with Crippen molar-refractivity contribution in [3.8, 4) is 0 Å². The molecule has 1 saturated heterocycles. The van der Waals surface area contributed by atoms with Crippen molar-refractivity contribution in [1.82, 2.24) is 10.2 Å². The summed E-state index contributed by atoms with van der Waals surface area (Å²) in [5.41, 5.74) is 0.656. The molecule has 0 aromatic rings. The fourth-order valence-corrected chi connectivity index (χ4v) is 1.48. The molecule has 4 amide bonds. The minimum atomic E-state index is -0.854. The fraction of sp³-hybridized carbons (Fsp3) is 0.500. The maximum atomic E-state index is 11.8. The number of urea groups is 1. The Labute approximate surface area is 117 Å². The van der Waals surface area contributed by atoms with E-state index >= 15 is 0 Å². The van der Waals surface area contributed by atoms with Crippen LogP contribution in [0.2, 0.25) is 0 Å². The van der Waals surface area contributed by atoms with Crippen molar-refractivity contribution in [2.45, 2.75) is 20.8 Å². The summed E-state index contributed by atoms with van der Waals surface area (Å²) in [6.07, 6.45) is 1.70. The van der Waals surface area contributed by atoms with E-state index in [9.17, 15) is 14.4 Å². The maximum Gasteiger partial charge on any atom is 1.00 e. The first-order valence-corrected chi connectivity index (χ1v) is 4.81. The molecule has 1 rings (SSSR count). The van der Waals surface area contributed by atoms with E-state index in [1.807, 2.05) is 0 Å². The summed E-state index contributed by atoms with van der Waals surface area (Å²) in [5.74, 6) is -1.83. The van der Waals surface area contributed by atoms with Gasteiger partial charge >= 0.3 is 35.6 Å². The number of amides is 4. The standard InChI is InChI=1S/C10H14N2O3.Na/c1-4-6(3)7-8(13)11-10(15)12(5-2)9(7)14;/h4,7H,5H2,1-3H3,(H,11,13,15);/q;+1/b6-4-;. The van der Waals surface area contributed by atoms with Gasteiger partial charge in [0.25, 0.3) is 0 Å². The van der Waals surface area contributed by atoms with Crippen molar-refractivity contribution in [1.29, 1.82) is 0 Å². The van der Waals surface area contributed by atoms with E-state index in [0.29, 0.717) is 5.57 Å². The van der Waals surface area contributed by atoms with Crippen LogP contribution in [-0.2, 0) is 9.59 Å². The van der Waals surface area contributed by atoms with Crippen molar-refractivity contribution < 1.29 is 43.9 Å². The van der Waals surface area contributed by atoms with E-state index in [-0.39, 0.29) is 36.1 Å². The van der Waals surface area contributed by atoms with Gasteiger partial charge in [0.1, 0.15) is 5.92 Å². The molecule has 0 aromatic heterocycles. The van der Waals surface area contributed by atoms with Crippen molar-refractivity contribution in [3.63, 3.8) is 0 Å². The van der Waals surface area contributed by atoms with Gasteiger partial charge in [0, 0.05) is 6.54 Å². The predicted molar refractivity (Wildman–Crippen MR) is 53.8 cm³/mol. The first kappa shape index (κ1) is 15.3. The van der Waals surface area contributed by atoms with E-state index in [0.717, 1.165) is 4.90 Å². The molecule has 0 aromatic carbocycles. The molecule has 1 aliphatic heterocycles. The second-order valence-electron chi connectivity index (χ2n) is 3.34. The number of rotatable bonds is 2. The van der Waals surface area contributed by atoms with E-state index in [2.05, 4.69) is 5.32 Å². The summed E-state index contributed by atoms with van der Waals surface area (Å²) in [7, 11) is 0. The summed E-state index contributed by atoms with van der Waals surface area (Å²) in [6.45, 7) is 5.41. The van der Waals surface area contributed by atoms with Crippen LogP contribution in [0, 0.1) is 5.92 Å². The third-order valence-electron chi connectivity index (χ3n) is 2.48. The van der Waals surface area contributed by atoms with Gasteiger partial charge in [-0.25, -0.2) is 4.79 Å². The average molecular weight is 233 g/mol. The van der Waals surface area contributed by atoms with Gasteiger partial charge in [-0.1, -0.05) is 11.6 Å². The second kappa shape index (κ2) is 6.18. The minimum Gasteiger partial charge on any atom is -0.277 e. The second-order valence-corrected chi connectivity index (χ2v) is 3.34. The van der Waals surface area contributed by atoms with Gasteiger partial charge in [-0.3, -0.25) is 19.8 Å². The first-order valence-electron chi connectivity index (χ1n) is 4.81. The quantitative estimate of drug-likeness (QED) is 0.330. The summed E-state index contributed by atoms with van der Waals surface area (Å²) in [6, 6.07) is -0.632. The van der Waals surface area contributed by atoms with Crippen molar-refractivity contribution in [2.75, 3.05) is 6.54 Å². The van der Waals surface area contributed by atoms with Crippen LogP contribution >= 0.6 is 0 Å². The zero-order valence-corrected chi connectivity index (χ0v) is 12.0. The predicted octanol–water partition coefficient (Wildman–Crippen LogP) is -2.33. The Bertz CT molecular complexity index is 352. The number of carbonyl (C=O) groups excluding carboxylic acids is 3. The molecule has 0 saturated carbocycles. The Morgan fingerprint density at radius 1 is 1.44 bits per heavy atom. The van der Waals surface area contributed by atoms with Crippen LogP contribution in [0.15, 0.2) is 11.6 Å². The van der Waals surface area contributed by atoms with Gasteiger partial charge in [0.15, 0.2) is 0 Å². The number of allylic oxidation sites excluding steroid dienone is 1. The largest absolute Gasteiger partial charge is 1.00 e. The summed E-state index contributed by atoms with van der Waals surface area (Å²) >= 11 is 0. The molecule has 6 heteroatoms. The maximum absolute atomic E-state index is 11.8. The molecule has 0 radical (unpaired) electrons. The van der Waals surface area contributed by atoms with Crippen LogP contribution in [0.1, 0.15) is 20.8 Å². The van der Waals surface area contributed by atoms with E-state index in [4.69, 9.17) is 0 Å². The fourth-order valence-electron chi connectivity index (χ4n) is 1.48. The third-order valence-corrected chi connectivity index (χ3v) is 2.48. The van der Waals surface area contributed by atoms with Crippen molar-refractivity contribution in [3.05, 3.63) is 11.6 Å². The smallest absolute Gasteiger partial charge is 0.277 e. The van der Waals surface area contributed by atoms with Gasteiger partial charge in [-0.2, -0.15) is 0 Å². The van der Waals surface area contributed by atoms with Crippen molar-refractivity contribution in [2.24, 2.45) is 5.92 Å².